The Morgan fingerprint density at radius 3 is 2.00 bits per heavy atom. The number of carboxylic acids is 2. The van der Waals surface area contributed by atoms with Gasteiger partial charge in [0.15, 0.2) is 5.96 Å². The summed E-state index contributed by atoms with van der Waals surface area (Å²) in [7, 11) is 0. The number of aliphatic imine (C=N–C) groups is 1. The molecule has 4 atom stereocenters. The van der Waals surface area contributed by atoms with Crippen molar-refractivity contribution in [2.24, 2.45) is 22.2 Å². The number of carbonyl (C=O) groups excluding carboxylic acids is 3. The fraction of sp³-hybridized carbons (Fsp3) is 0.478. The fourth-order valence-corrected chi connectivity index (χ4v) is 3.51. The van der Waals surface area contributed by atoms with Crippen molar-refractivity contribution in [2.75, 3.05) is 12.3 Å². The molecule has 1 rings (SSSR count). The second-order valence-electron chi connectivity index (χ2n) is 8.38. The Morgan fingerprint density at radius 1 is 0.868 bits per heavy atom. The highest BCUT2D eigenvalue weighted by molar-refractivity contribution is 7.80. The maximum absolute atomic E-state index is 13.0. The number of guanidine groups is 1. The van der Waals surface area contributed by atoms with E-state index in [9.17, 15) is 29.1 Å². The van der Waals surface area contributed by atoms with Crippen LogP contribution in [0.5, 0.6) is 0 Å². The highest BCUT2D eigenvalue weighted by Gasteiger charge is 2.30. The molecule has 14 nitrogen and oxygen atoms in total. The molecule has 0 aliphatic carbocycles. The first kappa shape index (κ1) is 32.2. The summed E-state index contributed by atoms with van der Waals surface area (Å²) in [5.41, 5.74) is 17.0. The van der Waals surface area contributed by atoms with Crippen molar-refractivity contribution < 1.29 is 34.2 Å². The topological polar surface area (TPSA) is 252 Å². The molecule has 0 aliphatic heterocycles. The van der Waals surface area contributed by atoms with E-state index in [1.54, 1.807) is 30.3 Å². The predicted octanol–water partition coefficient (Wildman–Crippen LogP) is -2.06. The first-order valence-corrected chi connectivity index (χ1v) is 12.4. The third-order valence-electron chi connectivity index (χ3n) is 5.30. The van der Waals surface area contributed by atoms with Crippen LogP contribution in [0.15, 0.2) is 35.3 Å². The first-order valence-electron chi connectivity index (χ1n) is 11.8. The lowest BCUT2D eigenvalue weighted by Gasteiger charge is -2.24. The fourth-order valence-electron chi connectivity index (χ4n) is 3.25. The van der Waals surface area contributed by atoms with E-state index >= 15 is 0 Å². The van der Waals surface area contributed by atoms with Gasteiger partial charge in [-0.25, -0.2) is 4.79 Å². The van der Waals surface area contributed by atoms with Crippen molar-refractivity contribution >= 4 is 48.2 Å². The monoisotopic (exact) mass is 553 g/mol. The number of hydrogen-bond donors (Lipinski definition) is 9. The maximum Gasteiger partial charge on any atom is 0.326 e. The van der Waals surface area contributed by atoms with Crippen LogP contribution in [0.3, 0.4) is 0 Å². The summed E-state index contributed by atoms with van der Waals surface area (Å²) in [6.07, 6.45) is -0.154. The van der Waals surface area contributed by atoms with E-state index in [4.69, 9.17) is 22.3 Å². The summed E-state index contributed by atoms with van der Waals surface area (Å²) in [5, 5.41) is 25.5. The average molecular weight is 554 g/mol. The predicted molar refractivity (Wildman–Crippen MR) is 142 cm³/mol. The van der Waals surface area contributed by atoms with Gasteiger partial charge in [0.1, 0.15) is 18.1 Å². The van der Waals surface area contributed by atoms with Gasteiger partial charge in [-0.3, -0.25) is 24.2 Å². The minimum absolute atomic E-state index is 0.00122. The van der Waals surface area contributed by atoms with E-state index < -0.39 is 60.2 Å². The van der Waals surface area contributed by atoms with Crippen molar-refractivity contribution in [3.63, 3.8) is 0 Å². The summed E-state index contributed by atoms with van der Waals surface area (Å²) >= 11 is 4.11. The van der Waals surface area contributed by atoms with Gasteiger partial charge in [-0.05, 0) is 24.8 Å². The Balaban J connectivity index is 2.93. The number of carbonyl (C=O) groups is 5. The lowest BCUT2D eigenvalue weighted by Crippen LogP contribution is -2.58. The van der Waals surface area contributed by atoms with Gasteiger partial charge in [-0.2, -0.15) is 12.6 Å². The van der Waals surface area contributed by atoms with Crippen LogP contribution in [0.4, 0.5) is 0 Å². The summed E-state index contributed by atoms with van der Waals surface area (Å²) in [6, 6.07) is 3.83. The zero-order valence-electron chi connectivity index (χ0n) is 20.7. The molecule has 0 heterocycles. The number of benzene rings is 1. The van der Waals surface area contributed by atoms with Crippen LogP contribution in [0.2, 0.25) is 0 Å². The smallest absolute Gasteiger partial charge is 0.326 e. The standard InChI is InChI=1S/C23H35N7O7S/c24-14(7-4-10-27-23(25)26)19(33)30-17(12-38)21(35)29-16(11-13-5-2-1-3-6-13)20(34)28-15(22(36)37)8-9-18(31)32/h1-3,5-6,14-17,38H,4,7-12,24H2,(H,28,34)(H,29,35)(H,30,33)(H,31,32)(H,36,37)(H4,25,26,27). The molecular weight excluding hydrogens is 518 g/mol. The third kappa shape index (κ3) is 12.4. The largest absolute Gasteiger partial charge is 0.481 e. The quantitative estimate of drug-likeness (QED) is 0.0441. The van der Waals surface area contributed by atoms with Gasteiger partial charge in [-0.1, -0.05) is 30.3 Å². The Morgan fingerprint density at radius 2 is 1.45 bits per heavy atom. The van der Waals surface area contributed by atoms with Crippen LogP contribution in [0.25, 0.3) is 0 Å². The van der Waals surface area contributed by atoms with Gasteiger partial charge >= 0.3 is 11.9 Å². The number of amides is 3. The van der Waals surface area contributed by atoms with Gasteiger partial charge < -0.3 is 43.4 Å². The second-order valence-corrected chi connectivity index (χ2v) is 8.75. The van der Waals surface area contributed by atoms with Crippen LogP contribution in [0.1, 0.15) is 31.2 Å². The zero-order chi connectivity index (χ0) is 28.7. The van der Waals surface area contributed by atoms with Crippen LogP contribution in [-0.4, -0.2) is 82.3 Å². The maximum atomic E-state index is 13.0. The number of carboxylic acid groups (broad SMARTS) is 2. The Labute approximate surface area is 225 Å². The molecule has 4 unspecified atom stereocenters. The Kier molecular flexibility index (Phi) is 14.2. The van der Waals surface area contributed by atoms with Gasteiger partial charge in [0.05, 0.1) is 6.04 Å². The Hall–Kier alpha value is -3.85. The van der Waals surface area contributed by atoms with E-state index in [2.05, 4.69) is 33.6 Å². The number of thiol groups is 1. The first-order chi connectivity index (χ1) is 17.9. The van der Waals surface area contributed by atoms with Gasteiger partial charge in [0.2, 0.25) is 17.7 Å². The van der Waals surface area contributed by atoms with Gasteiger partial charge in [0.25, 0.3) is 0 Å². The van der Waals surface area contributed by atoms with Crippen molar-refractivity contribution in [3.05, 3.63) is 35.9 Å². The lowest BCUT2D eigenvalue weighted by atomic mass is 10.0. The molecule has 11 N–H and O–H groups in total. The number of rotatable bonds is 17. The molecule has 0 saturated heterocycles. The molecule has 0 spiro atoms. The van der Waals surface area contributed by atoms with E-state index in [0.29, 0.717) is 12.0 Å². The van der Waals surface area contributed by atoms with Crippen LogP contribution >= 0.6 is 12.6 Å². The van der Waals surface area contributed by atoms with Crippen LogP contribution in [-0.2, 0) is 30.4 Å². The molecule has 0 saturated carbocycles. The minimum atomic E-state index is -1.48. The van der Waals surface area contributed by atoms with E-state index in [1.807, 2.05) is 0 Å². The molecule has 1 aromatic carbocycles. The highest BCUT2D eigenvalue weighted by atomic mass is 32.1. The summed E-state index contributed by atoms with van der Waals surface area (Å²) < 4.78 is 0. The molecule has 3 amide bonds. The van der Waals surface area contributed by atoms with E-state index in [0.717, 1.165) is 0 Å². The molecule has 0 bridgehead atoms. The Bertz CT molecular complexity index is 990. The number of hydrogen-bond acceptors (Lipinski definition) is 8. The molecule has 210 valence electrons. The average Bonchev–Trinajstić information content (AvgIpc) is 2.86. The summed E-state index contributed by atoms with van der Waals surface area (Å²) in [5.74, 6) is -5.03. The van der Waals surface area contributed by atoms with Crippen molar-refractivity contribution in [1.82, 2.24) is 16.0 Å². The summed E-state index contributed by atoms with van der Waals surface area (Å²) in [4.78, 5) is 64.6. The number of nitrogens with two attached hydrogens (primary N) is 3. The lowest BCUT2D eigenvalue weighted by molar-refractivity contribution is -0.143. The normalized spacial score (nSPS) is 13.7. The molecular formula is C23H35N7O7S. The van der Waals surface area contributed by atoms with E-state index in [-0.39, 0.29) is 37.5 Å². The number of nitrogens with one attached hydrogen (secondary N) is 3. The van der Waals surface area contributed by atoms with Crippen LogP contribution in [0, 0.1) is 0 Å². The number of aliphatic carboxylic acids is 2. The molecule has 0 aromatic heterocycles. The molecule has 15 heteroatoms. The molecule has 1 aromatic rings. The van der Waals surface area contributed by atoms with Crippen molar-refractivity contribution in [2.45, 2.75) is 56.3 Å². The third-order valence-corrected chi connectivity index (χ3v) is 5.66. The SMILES string of the molecule is NC(N)=NCCCC(N)C(=O)NC(CS)C(=O)NC(Cc1ccccc1)C(=O)NC(CCC(=O)O)C(=O)O. The molecule has 0 radical (unpaired) electrons. The zero-order valence-corrected chi connectivity index (χ0v) is 21.6. The second kappa shape index (κ2) is 16.8. The van der Waals surface area contributed by atoms with Gasteiger partial charge in [-0.15, -0.1) is 0 Å². The van der Waals surface area contributed by atoms with E-state index in [1.165, 1.54) is 0 Å². The van der Waals surface area contributed by atoms with Gasteiger partial charge in [0, 0.05) is 25.1 Å². The summed E-state index contributed by atoms with van der Waals surface area (Å²) in [6.45, 7) is 0.278. The molecule has 38 heavy (non-hydrogen) atoms. The van der Waals surface area contributed by atoms with Crippen molar-refractivity contribution in [3.8, 4) is 0 Å². The van der Waals surface area contributed by atoms with Crippen molar-refractivity contribution in [1.29, 1.82) is 0 Å². The highest BCUT2D eigenvalue weighted by Crippen LogP contribution is 2.07. The molecule has 0 fully saturated rings. The number of nitrogens with zero attached hydrogens (tertiary/aromatic N) is 1. The minimum Gasteiger partial charge on any atom is -0.481 e. The molecule has 0 aliphatic rings. The van der Waals surface area contributed by atoms with Crippen LogP contribution < -0.4 is 33.2 Å².